The van der Waals surface area contributed by atoms with Crippen molar-refractivity contribution in [1.29, 1.82) is 0 Å². The van der Waals surface area contributed by atoms with Gasteiger partial charge in [0.15, 0.2) is 0 Å². The normalized spacial score (nSPS) is 14.7. The van der Waals surface area contributed by atoms with Crippen LogP contribution in [0.3, 0.4) is 0 Å². The average Bonchev–Trinajstić information content (AvgIpc) is 2.93. The molecule has 0 aliphatic carbocycles. The van der Waals surface area contributed by atoms with Gasteiger partial charge in [-0.25, -0.2) is 4.98 Å². The van der Waals surface area contributed by atoms with Crippen LogP contribution in [-0.2, 0) is 26.6 Å². The molecule has 0 bridgehead atoms. The third-order valence-electron chi connectivity index (χ3n) is 4.62. The van der Waals surface area contributed by atoms with E-state index in [0.29, 0.717) is 0 Å². The second kappa shape index (κ2) is 6.01. The number of nitrogens with zero attached hydrogens (tertiary/aromatic N) is 3. The van der Waals surface area contributed by atoms with Crippen molar-refractivity contribution in [2.24, 2.45) is 7.05 Å². The van der Waals surface area contributed by atoms with Gasteiger partial charge in [0.05, 0.1) is 11.4 Å². The van der Waals surface area contributed by atoms with Crippen LogP contribution in [-0.4, -0.2) is 21.0 Å². The third-order valence-corrected chi connectivity index (χ3v) is 4.62. The van der Waals surface area contributed by atoms with Crippen LogP contribution in [0.1, 0.15) is 17.0 Å². The van der Waals surface area contributed by atoms with E-state index in [0.717, 1.165) is 31.9 Å². The third kappa shape index (κ3) is 2.80. The van der Waals surface area contributed by atoms with Crippen molar-refractivity contribution in [3.8, 4) is 11.4 Å². The van der Waals surface area contributed by atoms with Crippen molar-refractivity contribution in [2.45, 2.75) is 19.5 Å². The Labute approximate surface area is 137 Å². The lowest BCUT2D eigenvalue weighted by Crippen LogP contribution is -2.31. The van der Waals surface area contributed by atoms with Gasteiger partial charge in [-0.05, 0) is 5.56 Å². The molecule has 0 N–H and O–H groups in total. The van der Waals surface area contributed by atoms with Crippen LogP contribution in [0.2, 0.25) is 0 Å². The van der Waals surface area contributed by atoms with Gasteiger partial charge in [0.25, 0.3) is 0 Å². The summed E-state index contributed by atoms with van der Waals surface area (Å²) >= 11 is 0. The average molecular weight is 303 g/mol. The molecular formula is C20H21N3. The Hall–Kier alpha value is -2.39. The first-order chi connectivity index (χ1) is 11.3. The Morgan fingerprint density at radius 2 is 1.65 bits per heavy atom. The summed E-state index contributed by atoms with van der Waals surface area (Å²) in [6.07, 6.45) is 1.03. The lowest BCUT2D eigenvalue weighted by atomic mass is 10.1. The largest absolute Gasteiger partial charge is 0.330 e. The number of hydrogen-bond donors (Lipinski definition) is 0. The maximum Gasteiger partial charge on any atom is 0.140 e. The maximum atomic E-state index is 4.90. The van der Waals surface area contributed by atoms with Crippen molar-refractivity contribution in [1.82, 2.24) is 14.5 Å². The van der Waals surface area contributed by atoms with Gasteiger partial charge in [-0.2, -0.15) is 0 Å². The van der Waals surface area contributed by atoms with Gasteiger partial charge in [0.2, 0.25) is 0 Å². The van der Waals surface area contributed by atoms with Gasteiger partial charge in [-0.15, -0.1) is 0 Å². The Bertz CT molecular complexity index is 791. The molecule has 0 spiro atoms. The van der Waals surface area contributed by atoms with Crippen LogP contribution in [0.4, 0.5) is 0 Å². The van der Waals surface area contributed by atoms with E-state index >= 15 is 0 Å². The zero-order valence-corrected chi connectivity index (χ0v) is 13.4. The van der Waals surface area contributed by atoms with Gasteiger partial charge < -0.3 is 4.57 Å². The monoisotopic (exact) mass is 303 g/mol. The van der Waals surface area contributed by atoms with Gasteiger partial charge in [0.1, 0.15) is 5.82 Å². The van der Waals surface area contributed by atoms with Gasteiger partial charge in [0, 0.05) is 38.7 Å². The fourth-order valence-electron chi connectivity index (χ4n) is 3.36. The van der Waals surface area contributed by atoms with Crippen LogP contribution < -0.4 is 0 Å². The standard InChI is InChI=1S/C20H21N3/c1-22-19-15-23(14-16-8-4-2-5-9-16)13-12-18(19)21-20(22)17-10-6-3-7-11-17/h2-11H,12-15H2,1H3. The first-order valence-electron chi connectivity index (χ1n) is 8.17. The van der Waals surface area contributed by atoms with Crippen molar-refractivity contribution in [3.05, 3.63) is 77.6 Å². The molecule has 1 aliphatic heterocycles. The van der Waals surface area contributed by atoms with E-state index in [1.165, 1.54) is 22.5 Å². The fraction of sp³-hybridized carbons (Fsp3) is 0.250. The second-order valence-electron chi connectivity index (χ2n) is 6.20. The molecule has 0 radical (unpaired) electrons. The topological polar surface area (TPSA) is 21.1 Å². The first-order valence-corrected chi connectivity index (χ1v) is 8.17. The summed E-state index contributed by atoms with van der Waals surface area (Å²) in [5.41, 5.74) is 5.18. The molecule has 116 valence electrons. The van der Waals surface area contributed by atoms with Crippen LogP contribution >= 0.6 is 0 Å². The van der Waals surface area contributed by atoms with Gasteiger partial charge in [-0.3, -0.25) is 4.90 Å². The smallest absolute Gasteiger partial charge is 0.140 e. The van der Waals surface area contributed by atoms with E-state index in [-0.39, 0.29) is 0 Å². The zero-order chi connectivity index (χ0) is 15.6. The summed E-state index contributed by atoms with van der Waals surface area (Å²) in [6, 6.07) is 21.2. The van der Waals surface area contributed by atoms with Crippen LogP contribution in [0.25, 0.3) is 11.4 Å². The summed E-state index contributed by atoms with van der Waals surface area (Å²) in [6.45, 7) is 3.06. The molecule has 3 nitrogen and oxygen atoms in total. The molecule has 1 aromatic heterocycles. The predicted molar refractivity (Wildman–Crippen MR) is 92.9 cm³/mol. The van der Waals surface area contributed by atoms with Crippen LogP contribution in [0.5, 0.6) is 0 Å². The van der Waals surface area contributed by atoms with Crippen molar-refractivity contribution in [3.63, 3.8) is 0 Å². The quantitative estimate of drug-likeness (QED) is 0.736. The van der Waals surface area contributed by atoms with E-state index in [2.05, 4.69) is 71.1 Å². The van der Waals surface area contributed by atoms with E-state index < -0.39 is 0 Å². The molecular weight excluding hydrogens is 282 g/mol. The van der Waals surface area contributed by atoms with E-state index in [1.54, 1.807) is 0 Å². The number of imidazole rings is 1. The van der Waals surface area contributed by atoms with E-state index in [4.69, 9.17) is 4.98 Å². The lowest BCUT2D eigenvalue weighted by Gasteiger charge is -2.27. The predicted octanol–water partition coefficient (Wildman–Crippen LogP) is 3.65. The minimum atomic E-state index is 0.973. The fourth-order valence-corrected chi connectivity index (χ4v) is 3.36. The molecule has 0 unspecified atom stereocenters. The lowest BCUT2D eigenvalue weighted by molar-refractivity contribution is 0.238. The number of aromatic nitrogens is 2. The molecule has 2 aromatic carbocycles. The summed E-state index contributed by atoms with van der Waals surface area (Å²) in [4.78, 5) is 7.41. The van der Waals surface area contributed by atoms with Gasteiger partial charge >= 0.3 is 0 Å². The first kappa shape index (κ1) is 14.2. The molecule has 0 fully saturated rings. The number of benzene rings is 2. The zero-order valence-electron chi connectivity index (χ0n) is 13.4. The van der Waals surface area contributed by atoms with E-state index in [9.17, 15) is 0 Å². The molecule has 0 saturated heterocycles. The molecule has 0 amide bonds. The SMILES string of the molecule is Cn1c(-c2ccccc2)nc2c1CN(Cc1ccccc1)CC2. The molecule has 1 aliphatic rings. The highest BCUT2D eigenvalue weighted by Crippen LogP contribution is 2.26. The number of rotatable bonds is 3. The summed E-state index contributed by atoms with van der Waals surface area (Å²) in [5.74, 6) is 1.08. The number of fused-ring (bicyclic) bond motifs is 1. The maximum absolute atomic E-state index is 4.90. The minimum Gasteiger partial charge on any atom is -0.330 e. The Balaban J connectivity index is 1.59. The molecule has 0 saturated carbocycles. The Morgan fingerprint density at radius 3 is 2.39 bits per heavy atom. The molecule has 0 atom stereocenters. The molecule has 3 aromatic rings. The highest BCUT2D eigenvalue weighted by Gasteiger charge is 2.23. The highest BCUT2D eigenvalue weighted by molar-refractivity contribution is 5.56. The second-order valence-corrected chi connectivity index (χ2v) is 6.20. The Morgan fingerprint density at radius 1 is 0.957 bits per heavy atom. The minimum absolute atomic E-state index is 0.973. The van der Waals surface area contributed by atoms with Gasteiger partial charge in [-0.1, -0.05) is 60.7 Å². The molecule has 3 heteroatoms. The molecule has 23 heavy (non-hydrogen) atoms. The summed E-state index contributed by atoms with van der Waals surface area (Å²) in [7, 11) is 2.14. The Kier molecular flexibility index (Phi) is 3.72. The summed E-state index contributed by atoms with van der Waals surface area (Å²) < 4.78 is 2.27. The molecule has 4 rings (SSSR count). The highest BCUT2D eigenvalue weighted by atomic mass is 15.2. The van der Waals surface area contributed by atoms with Crippen molar-refractivity contribution < 1.29 is 0 Å². The molecule has 2 heterocycles. The van der Waals surface area contributed by atoms with Crippen molar-refractivity contribution in [2.75, 3.05) is 6.54 Å². The van der Waals surface area contributed by atoms with Crippen LogP contribution in [0, 0.1) is 0 Å². The number of hydrogen-bond acceptors (Lipinski definition) is 2. The van der Waals surface area contributed by atoms with Crippen LogP contribution in [0.15, 0.2) is 60.7 Å². The van der Waals surface area contributed by atoms with E-state index in [1.807, 2.05) is 6.07 Å². The summed E-state index contributed by atoms with van der Waals surface area (Å²) in [5, 5.41) is 0. The van der Waals surface area contributed by atoms with Crippen molar-refractivity contribution >= 4 is 0 Å².